The summed E-state index contributed by atoms with van der Waals surface area (Å²) >= 11 is 0. The molecule has 0 fully saturated rings. The molecule has 0 aromatic rings. The number of hydrogen-bond donors (Lipinski definition) is 0. The zero-order chi connectivity index (χ0) is 20.6. The molecule has 0 amide bonds. The van der Waals surface area contributed by atoms with Crippen molar-refractivity contribution in [3.05, 3.63) is 24.6 Å². The van der Waals surface area contributed by atoms with E-state index in [-0.39, 0.29) is 10.1 Å². The highest BCUT2D eigenvalue weighted by atomic mass is 28.3. The lowest BCUT2D eigenvalue weighted by Crippen LogP contribution is -2.37. The molecule has 0 aromatic heterocycles. The molecule has 0 unspecified atom stereocenters. The minimum Gasteiger partial charge on any atom is -0.434 e. The lowest BCUT2D eigenvalue weighted by Gasteiger charge is -2.38. The molecule has 0 saturated carbocycles. The quantitative estimate of drug-likeness (QED) is 0.199. The monoisotopic (exact) mass is 398 g/mol. The Morgan fingerprint density at radius 2 is 1.12 bits per heavy atom. The van der Waals surface area contributed by atoms with E-state index < -0.39 is 22.3 Å². The van der Waals surface area contributed by atoms with Gasteiger partial charge in [-0.2, -0.15) is 0 Å². The predicted octanol–water partition coefficient (Wildman–Crippen LogP) is 7.13. The molecule has 0 saturated heterocycles. The molecule has 3 nitrogen and oxygen atoms in total. The first-order chi connectivity index (χ1) is 11.7. The third-order valence-electron chi connectivity index (χ3n) is 6.84. The Balaban J connectivity index is 4.06. The second kappa shape index (κ2) is 9.93. The molecule has 0 aliphatic rings. The van der Waals surface area contributed by atoms with Crippen LogP contribution >= 0.6 is 0 Å². The molecule has 5 heteroatoms. The molecule has 0 bridgehead atoms. The van der Waals surface area contributed by atoms with Crippen molar-refractivity contribution in [2.75, 3.05) is 13.2 Å². The Bertz CT molecular complexity index is 438. The summed E-state index contributed by atoms with van der Waals surface area (Å²) in [5.74, 6) is 0. The number of ether oxygens (including phenoxy) is 2. The molecule has 0 spiro atoms. The van der Waals surface area contributed by atoms with Crippen molar-refractivity contribution in [2.24, 2.45) is 0 Å². The summed E-state index contributed by atoms with van der Waals surface area (Å²) in [4.78, 5) is 11.7. The van der Waals surface area contributed by atoms with Gasteiger partial charge in [-0.1, -0.05) is 53.9 Å². The van der Waals surface area contributed by atoms with Crippen molar-refractivity contribution < 1.29 is 14.3 Å². The van der Waals surface area contributed by atoms with Crippen molar-refractivity contribution in [3.63, 3.8) is 0 Å². The van der Waals surface area contributed by atoms with Crippen LogP contribution in [-0.4, -0.2) is 35.5 Å². The molecule has 0 rings (SSSR count). The topological polar surface area (TPSA) is 35.5 Å². The first-order valence-electron chi connectivity index (χ1n) is 9.79. The van der Waals surface area contributed by atoms with Gasteiger partial charge >= 0.3 is 6.16 Å². The van der Waals surface area contributed by atoms with Gasteiger partial charge in [0.15, 0.2) is 0 Å². The van der Waals surface area contributed by atoms with E-state index in [1.54, 1.807) is 0 Å². The fraction of sp³-hybridized carbons (Fsp3) is 0.762. The Morgan fingerprint density at radius 1 is 0.808 bits per heavy atom. The Kier molecular flexibility index (Phi) is 9.62. The number of carbonyl (C=O) groups excluding carboxylic acids is 1. The highest BCUT2D eigenvalue weighted by Gasteiger charge is 2.36. The molecule has 0 radical (unpaired) electrons. The third kappa shape index (κ3) is 7.43. The molecule has 0 heterocycles. The fourth-order valence-corrected chi connectivity index (χ4v) is 5.33. The highest BCUT2D eigenvalue weighted by Crippen LogP contribution is 2.42. The Morgan fingerprint density at radius 3 is 1.38 bits per heavy atom. The van der Waals surface area contributed by atoms with Crippen LogP contribution in [0.15, 0.2) is 24.6 Å². The normalized spacial score (nSPS) is 13.2. The van der Waals surface area contributed by atoms with Crippen LogP contribution in [-0.2, 0) is 9.47 Å². The van der Waals surface area contributed by atoms with Gasteiger partial charge in [-0.25, -0.2) is 4.79 Å². The van der Waals surface area contributed by atoms with E-state index in [0.717, 1.165) is 25.7 Å². The zero-order valence-electron chi connectivity index (χ0n) is 18.5. The molecule has 0 aliphatic carbocycles. The van der Waals surface area contributed by atoms with E-state index in [2.05, 4.69) is 78.4 Å². The van der Waals surface area contributed by atoms with Gasteiger partial charge in [0.25, 0.3) is 0 Å². The van der Waals surface area contributed by atoms with Gasteiger partial charge in [0.05, 0.1) is 29.4 Å². The van der Waals surface area contributed by atoms with Gasteiger partial charge < -0.3 is 9.47 Å². The van der Waals surface area contributed by atoms with E-state index in [9.17, 15) is 4.79 Å². The molecular formula is C21H42O3Si2. The molecule has 26 heavy (non-hydrogen) atoms. The molecule has 0 atom stereocenters. The van der Waals surface area contributed by atoms with Crippen molar-refractivity contribution in [1.29, 1.82) is 0 Å². The fourth-order valence-electron chi connectivity index (χ4n) is 2.58. The molecular weight excluding hydrogens is 356 g/mol. The largest absolute Gasteiger partial charge is 0.508 e. The minimum atomic E-state index is -1.46. The van der Waals surface area contributed by atoms with Crippen molar-refractivity contribution in [1.82, 2.24) is 0 Å². The average Bonchev–Trinajstić information content (AvgIpc) is 2.55. The molecule has 0 aromatic carbocycles. The van der Waals surface area contributed by atoms with Crippen molar-refractivity contribution in [2.45, 2.75) is 89.6 Å². The van der Waals surface area contributed by atoms with Crippen LogP contribution in [0.5, 0.6) is 0 Å². The average molecular weight is 399 g/mol. The van der Waals surface area contributed by atoms with Gasteiger partial charge in [0.2, 0.25) is 0 Å². The maximum absolute atomic E-state index is 11.7. The Labute approximate surface area is 164 Å². The van der Waals surface area contributed by atoms with Crippen LogP contribution in [0.25, 0.3) is 0 Å². The summed E-state index contributed by atoms with van der Waals surface area (Å²) in [6.45, 7) is 27.3. The van der Waals surface area contributed by atoms with Crippen LogP contribution in [0, 0.1) is 0 Å². The van der Waals surface area contributed by atoms with Crippen LogP contribution in [0.1, 0.15) is 53.4 Å². The highest BCUT2D eigenvalue weighted by molar-refractivity contribution is 6.85. The second-order valence-corrected chi connectivity index (χ2v) is 20.2. The SMILES string of the molecule is C=C[Si](C)(C)C(C)(C)CCCOC(=O)OCCCC(C)(C)[Si](C)(C)C=C. The summed E-state index contributed by atoms with van der Waals surface area (Å²) < 4.78 is 10.5. The van der Waals surface area contributed by atoms with Crippen molar-refractivity contribution in [3.8, 4) is 0 Å². The smallest absolute Gasteiger partial charge is 0.434 e. The van der Waals surface area contributed by atoms with Gasteiger partial charge in [-0.05, 0) is 35.8 Å². The van der Waals surface area contributed by atoms with Crippen LogP contribution in [0.3, 0.4) is 0 Å². The van der Waals surface area contributed by atoms with E-state index in [1.165, 1.54) is 0 Å². The maximum Gasteiger partial charge on any atom is 0.508 e. The number of hydrogen-bond acceptors (Lipinski definition) is 3. The van der Waals surface area contributed by atoms with Gasteiger partial charge in [0.1, 0.15) is 0 Å². The van der Waals surface area contributed by atoms with E-state index >= 15 is 0 Å². The zero-order valence-corrected chi connectivity index (χ0v) is 20.5. The van der Waals surface area contributed by atoms with E-state index in [0.29, 0.717) is 13.2 Å². The van der Waals surface area contributed by atoms with Crippen molar-refractivity contribution >= 4 is 22.3 Å². The predicted molar refractivity (Wildman–Crippen MR) is 119 cm³/mol. The van der Waals surface area contributed by atoms with E-state index in [1.807, 2.05) is 0 Å². The number of carbonyl (C=O) groups is 1. The summed E-state index contributed by atoms with van der Waals surface area (Å²) in [7, 11) is -2.91. The Hall–Kier alpha value is -0.816. The minimum absolute atomic E-state index is 0.245. The van der Waals surface area contributed by atoms with Crippen LogP contribution in [0.4, 0.5) is 4.79 Å². The van der Waals surface area contributed by atoms with Crippen LogP contribution in [0.2, 0.25) is 36.3 Å². The van der Waals surface area contributed by atoms with Gasteiger partial charge in [0, 0.05) is 0 Å². The first kappa shape index (κ1) is 25.2. The maximum atomic E-state index is 11.7. The summed E-state index contributed by atoms with van der Waals surface area (Å²) in [6, 6.07) is 0. The standard InChI is InChI=1S/C21H42O3Si2/c1-11-25(7,8)20(3,4)15-13-17-23-19(22)24-18-14-16-21(5,6)26(9,10)12-2/h11-12H,1-2,13-18H2,3-10H3. The third-order valence-corrected chi connectivity index (χ3v) is 16.4. The molecule has 152 valence electrons. The lowest BCUT2D eigenvalue weighted by atomic mass is 10.1. The lowest BCUT2D eigenvalue weighted by molar-refractivity contribution is 0.0520. The first-order valence-corrected chi connectivity index (χ1v) is 15.9. The summed E-state index contributed by atoms with van der Waals surface area (Å²) in [6.07, 6.45) is 3.24. The molecule has 0 aliphatic heterocycles. The van der Waals surface area contributed by atoms with Gasteiger partial charge in [-0.3, -0.25) is 0 Å². The summed E-state index contributed by atoms with van der Waals surface area (Å²) in [5, 5.41) is 0.491. The van der Waals surface area contributed by atoms with Gasteiger partial charge in [-0.15, -0.1) is 24.6 Å². The summed E-state index contributed by atoms with van der Waals surface area (Å²) in [5.41, 5.74) is 4.28. The second-order valence-electron chi connectivity index (χ2n) is 9.77. The van der Waals surface area contributed by atoms with Crippen LogP contribution < -0.4 is 0 Å². The van der Waals surface area contributed by atoms with E-state index in [4.69, 9.17) is 9.47 Å². The number of rotatable bonds is 12. The molecule has 0 N–H and O–H groups in total.